The van der Waals surface area contributed by atoms with Crippen molar-refractivity contribution in [2.75, 3.05) is 20.2 Å². The number of carbonyl (C=O) groups excluding carboxylic acids is 1. The Morgan fingerprint density at radius 3 is 2.64 bits per heavy atom. The van der Waals surface area contributed by atoms with Gasteiger partial charge in [0.15, 0.2) is 0 Å². The number of carbonyl (C=O) groups is 1. The van der Waals surface area contributed by atoms with Crippen LogP contribution in [0.3, 0.4) is 0 Å². The molecule has 0 bridgehead atoms. The Bertz CT molecular complexity index is 692. The Labute approximate surface area is 156 Å². The number of aromatic nitrogens is 4. The highest BCUT2D eigenvalue weighted by molar-refractivity contribution is 8.00. The van der Waals surface area contributed by atoms with E-state index < -0.39 is 0 Å². The summed E-state index contributed by atoms with van der Waals surface area (Å²) >= 11 is 7.19. The first-order valence-corrected chi connectivity index (χ1v) is 9.22. The number of rotatable bonds is 8. The van der Waals surface area contributed by atoms with Crippen molar-refractivity contribution in [3.63, 3.8) is 0 Å². The summed E-state index contributed by atoms with van der Waals surface area (Å²) in [6.07, 6.45) is 0. The summed E-state index contributed by atoms with van der Waals surface area (Å²) in [5, 5.41) is 12.6. The molecule has 0 aliphatic carbocycles. The number of amides is 1. The molecule has 0 radical (unpaired) electrons. The number of likely N-dealkylation sites (N-methyl/N-ethyl adjacent to an activating group) is 1. The van der Waals surface area contributed by atoms with Crippen molar-refractivity contribution in [2.45, 2.75) is 37.2 Å². The molecular formula is C16H22ClN5O2S. The number of tetrazole rings is 1. The smallest absolute Gasteiger partial charge is 0.235 e. The number of benzene rings is 1. The molecule has 1 unspecified atom stereocenters. The maximum Gasteiger partial charge on any atom is 0.235 e. The quantitative estimate of drug-likeness (QED) is 0.652. The maximum atomic E-state index is 12.5. The molecule has 1 heterocycles. The minimum absolute atomic E-state index is 0.00279. The molecule has 0 spiro atoms. The molecule has 1 aromatic heterocycles. The number of halogens is 1. The van der Waals surface area contributed by atoms with Gasteiger partial charge in [0.25, 0.3) is 0 Å². The van der Waals surface area contributed by atoms with Gasteiger partial charge in [-0.15, -0.1) is 5.10 Å². The summed E-state index contributed by atoms with van der Waals surface area (Å²) < 4.78 is 7.33. The molecule has 0 aliphatic rings. The van der Waals surface area contributed by atoms with E-state index in [0.29, 0.717) is 23.3 Å². The first-order chi connectivity index (χ1) is 11.9. The average molecular weight is 384 g/mol. The Morgan fingerprint density at radius 1 is 1.32 bits per heavy atom. The highest BCUT2D eigenvalue weighted by atomic mass is 35.5. The van der Waals surface area contributed by atoms with Gasteiger partial charge in [0.1, 0.15) is 12.4 Å². The van der Waals surface area contributed by atoms with Crippen molar-refractivity contribution >= 4 is 29.3 Å². The molecule has 0 saturated heterocycles. The van der Waals surface area contributed by atoms with Crippen LogP contribution in [0.25, 0.3) is 0 Å². The first-order valence-electron chi connectivity index (χ1n) is 7.96. The first kappa shape index (κ1) is 19.5. The van der Waals surface area contributed by atoms with Gasteiger partial charge in [-0.3, -0.25) is 4.79 Å². The molecular weight excluding hydrogens is 362 g/mol. The molecule has 0 fully saturated rings. The summed E-state index contributed by atoms with van der Waals surface area (Å²) in [4.78, 5) is 14.1. The van der Waals surface area contributed by atoms with Crippen LogP contribution in [0.1, 0.15) is 26.8 Å². The molecule has 0 N–H and O–H groups in total. The van der Waals surface area contributed by atoms with Gasteiger partial charge in [-0.25, -0.2) is 4.68 Å². The maximum absolute atomic E-state index is 12.5. The normalized spacial score (nSPS) is 12.2. The van der Waals surface area contributed by atoms with Crippen LogP contribution in [0.5, 0.6) is 5.75 Å². The van der Waals surface area contributed by atoms with Crippen molar-refractivity contribution in [1.82, 2.24) is 25.1 Å². The highest BCUT2D eigenvalue weighted by Gasteiger charge is 2.22. The van der Waals surface area contributed by atoms with E-state index in [1.807, 2.05) is 20.8 Å². The zero-order valence-corrected chi connectivity index (χ0v) is 16.3. The standard InChI is InChI=1S/C16H22ClN5O2S/c1-11(2)22-16(18-19-20-22)25-12(3)15(23)21(4)9-10-24-14-7-5-13(17)6-8-14/h5-8,11-12H,9-10H2,1-4H3. The van der Waals surface area contributed by atoms with E-state index in [4.69, 9.17) is 16.3 Å². The fourth-order valence-electron chi connectivity index (χ4n) is 2.05. The number of hydrogen-bond donors (Lipinski definition) is 0. The van der Waals surface area contributed by atoms with Crippen LogP contribution >= 0.6 is 23.4 Å². The van der Waals surface area contributed by atoms with Crippen LogP contribution in [-0.2, 0) is 4.79 Å². The third kappa shape index (κ3) is 5.61. The largest absolute Gasteiger partial charge is 0.492 e. The molecule has 25 heavy (non-hydrogen) atoms. The van der Waals surface area contributed by atoms with Gasteiger partial charge in [0.05, 0.1) is 17.8 Å². The van der Waals surface area contributed by atoms with E-state index in [1.54, 1.807) is 40.9 Å². The lowest BCUT2D eigenvalue weighted by atomic mass is 10.3. The van der Waals surface area contributed by atoms with Crippen LogP contribution in [0.15, 0.2) is 29.4 Å². The second kappa shape index (κ2) is 9.05. The van der Waals surface area contributed by atoms with Crippen molar-refractivity contribution in [2.24, 2.45) is 0 Å². The van der Waals surface area contributed by atoms with Gasteiger partial charge < -0.3 is 9.64 Å². The molecule has 136 valence electrons. The van der Waals surface area contributed by atoms with Crippen molar-refractivity contribution in [3.8, 4) is 5.75 Å². The van der Waals surface area contributed by atoms with Crippen LogP contribution in [-0.4, -0.2) is 56.5 Å². The molecule has 1 amide bonds. The summed E-state index contributed by atoms with van der Waals surface area (Å²) in [7, 11) is 1.76. The Morgan fingerprint density at radius 2 is 2.00 bits per heavy atom. The molecule has 1 atom stereocenters. The third-order valence-electron chi connectivity index (χ3n) is 3.47. The predicted molar refractivity (Wildman–Crippen MR) is 98.1 cm³/mol. The second-order valence-corrected chi connectivity index (χ2v) is 7.57. The van der Waals surface area contributed by atoms with Crippen LogP contribution < -0.4 is 4.74 Å². The van der Waals surface area contributed by atoms with Crippen molar-refractivity contribution < 1.29 is 9.53 Å². The van der Waals surface area contributed by atoms with Crippen molar-refractivity contribution in [3.05, 3.63) is 29.3 Å². The lowest BCUT2D eigenvalue weighted by molar-refractivity contribution is -0.129. The van der Waals surface area contributed by atoms with E-state index in [9.17, 15) is 4.79 Å². The van der Waals surface area contributed by atoms with Gasteiger partial charge in [0, 0.05) is 12.1 Å². The number of hydrogen-bond acceptors (Lipinski definition) is 6. The summed E-state index contributed by atoms with van der Waals surface area (Å²) in [6, 6.07) is 7.28. The number of nitrogens with zero attached hydrogens (tertiary/aromatic N) is 5. The summed E-state index contributed by atoms with van der Waals surface area (Å²) in [5.74, 6) is 0.729. The van der Waals surface area contributed by atoms with E-state index in [0.717, 1.165) is 5.75 Å². The molecule has 2 aromatic rings. The fraction of sp³-hybridized carbons (Fsp3) is 0.500. The topological polar surface area (TPSA) is 73.1 Å². The molecule has 0 saturated carbocycles. The van der Waals surface area contributed by atoms with Gasteiger partial charge >= 0.3 is 0 Å². The van der Waals surface area contributed by atoms with E-state index >= 15 is 0 Å². The molecule has 1 aromatic carbocycles. The van der Waals surface area contributed by atoms with Crippen molar-refractivity contribution in [1.29, 1.82) is 0 Å². The third-order valence-corrected chi connectivity index (χ3v) is 4.75. The van der Waals surface area contributed by atoms with Gasteiger partial charge in [-0.05, 0) is 55.5 Å². The monoisotopic (exact) mass is 383 g/mol. The Balaban J connectivity index is 1.82. The van der Waals surface area contributed by atoms with E-state index in [2.05, 4.69) is 15.5 Å². The van der Waals surface area contributed by atoms with E-state index in [-0.39, 0.29) is 17.2 Å². The van der Waals surface area contributed by atoms with Gasteiger partial charge in [-0.1, -0.05) is 23.4 Å². The fourth-order valence-corrected chi connectivity index (χ4v) is 3.21. The predicted octanol–water partition coefficient (Wildman–Crippen LogP) is 2.93. The molecule has 0 aliphatic heterocycles. The SMILES string of the molecule is CC(Sc1nnnn1C(C)C)C(=O)N(C)CCOc1ccc(Cl)cc1. The summed E-state index contributed by atoms with van der Waals surface area (Å²) in [6.45, 7) is 6.73. The van der Waals surface area contributed by atoms with Crippen LogP contribution in [0, 0.1) is 0 Å². The molecule has 9 heteroatoms. The van der Waals surface area contributed by atoms with Crippen LogP contribution in [0.2, 0.25) is 5.02 Å². The van der Waals surface area contributed by atoms with Gasteiger partial charge in [0.2, 0.25) is 11.1 Å². The Kier molecular flexibility index (Phi) is 7.07. The van der Waals surface area contributed by atoms with E-state index in [1.165, 1.54) is 11.8 Å². The minimum atomic E-state index is -0.288. The number of thioether (sulfide) groups is 1. The molecule has 7 nitrogen and oxygen atoms in total. The molecule has 2 rings (SSSR count). The summed E-state index contributed by atoms with van der Waals surface area (Å²) in [5.41, 5.74) is 0. The Hall–Kier alpha value is -1.80. The van der Waals surface area contributed by atoms with Gasteiger partial charge in [-0.2, -0.15) is 0 Å². The zero-order valence-electron chi connectivity index (χ0n) is 14.7. The average Bonchev–Trinajstić information content (AvgIpc) is 3.04. The highest BCUT2D eigenvalue weighted by Crippen LogP contribution is 2.23. The lowest BCUT2D eigenvalue weighted by Gasteiger charge is -2.21. The number of ether oxygens (including phenoxy) is 1. The lowest BCUT2D eigenvalue weighted by Crippen LogP contribution is -2.36. The minimum Gasteiger partial charge on any atom is -0.492 e. The zero-order chi connectivity index (χ0) is 18.4. The van der Waals surface area contributed by atoms with Crippen LogP contribution in [0.4, 0.5) is 0 Å². The second-order valence-electron chi connectivity index (χ2n) is 5.82.